The van der Waals surface area contributed by atoms with Crippen molar-refractivity contribution in [2.75, 3.05) is 0 Å². The van der Waals surface area contributed by atoms with Gasteiger partial charge in [0.05, 0.1) is 11.0 Å². The molecule has 0 saturated carbocycles. The molecule has 7 rings (SSSR count). The topological polar surface area (TPSA) is 18.1 Å². The lowest BCUT2D eigenvalue weighted by atomic mass is 9.97. The van der Waals surface area contributed by atoms with Gasteiger partial charge in [0.1, 0.15) is 11.2 Å². The van der Waals surface area contributed by atoms with Gasteiger partial charge in [0.15, 0.2) is 0 Å². The molecular formula is C30H18BrNO. The Morgan fingerprint density at radius 3 is 2.18 bits per heavy atom. The zero-order valence-corrected chi connectivity index (χ0v) is 19.2. The van der Waals surface area contributed by atoms with Gasteiger partial charge in [-0.25, -0.2) is 0 Å². The van der Waals surface area contributed by atoms with Crippen LogP contribution in [-0.2, 0) is 0 Å². The van der Waals surface area contributed by atoms with Gasteiger partial charge in [0.25, 0.3) is 0 Å². The van der Waals surface area contributed by atoms with Gasteiger partial charge in [-0.05, 0) is 48.0 Å². The molecular weight excluding hydrogens is 470 g/mol. The molecule has 0 aliphatic carbocycles. The first-order chi connectivity index (χ1) is 16.3. The third kappa shape index (κ3) is 2.73. The Kier molecular flexibility index (Phi) is 4.02. The number of nitrogens with zero attached hydrogens (tertiary/aromatic N) is 1. The minimum atomic E-state index is 0.908. The molecule has 33 heavy (non-hydrogen) atoms. The molecule has 7 aromatic rings. The van der Waals surface area contributed by atoms with Gasteiger partial charge in [-0.1, -0.05) is 82.7 Å². The smallest absolute Gasteiger partial charge is 0.143 e. The summed E-state index contributed by atoms with van der Waals surface area (Å²) in [5, 5.41) is 4.72. The van der Waals surface area contributed by atoms with Crippen molar-refractivity contribution in [2.24, 2.45) is 0 Å². The van der Waals surface area contributed by atoms with Crippen LogP contribution in [0.4, 0.5) is 0 Å². The molecule has 2 heterocycles. The van der Waals surface area contributed by atoms with Crippen LogP contribution in [0.2, 0.25) is 0 Å². The first-order valence-corrected chi connectivity index (χ1v) is 11.8. The van der Waals surface area contributed by atoms with E-state index in [-0.39, 0.29) is 0 Å². The highest BCUT2D eigenvalue weighted by atomic mass is 79.9. The minimum Gasteiger partial charge on any atom is -0.455 e. The molecule has 0 N–H and O–H groups in total. The van der Waals surface area contributed by atoms with Crippen molar-refractivity contribution in [1.29, 1.82) is 0 Å². The molecule has 0 spiro atoms. The normalized spacial score (nSPS) is 11.8. The molecule has 0 bridgehead atoms. The molecule has 2 aromatic heterocycles. The number of aromatic nitrogens is 1. The summed E-state index contributed by atoms with van der Waals surface area (Å²) < 4.78 is 9.81. The summed E-state index contributed by atoms with van der Waals surface area (Å²) in [4.78, 5) is 0. The number of benzene rings is 5. The molecule has 0 aliphatic rings. The second-order valence-electron chi connectivity index (χ2n) is 8.32. The van der Waals surface area contributed by atoms with E-state index in [2.05, 4.69) is 118 Å². The first kappa shape index (κ1) is 18.7. The standard InChI is InChI=1S/C30H18BrNO/c31-19-17-24-21-11-5-7-16-28(21)33-30(24)25(18-19)22-13-8-15-27-29(22)23-12-4-6-14-26(23)32(27)20-9-2-1-3-10-20/h1-18H. The maximum absolute atomic E-state index is 6.42. The number of para-hydroxylation sites is 3. The lowest BCUT2D eigenvalue weighted by Crippen LogP contribution is -1.92. The van der Waals surface area contributed by atoms with E-state index >= 15 is 0 Å². The lowest BCUT2D eigenvalue weighted by Gasteiger charge is -2.09. The van der Waals surface area contributed by atoms with E-state index < -0.39 is 0 Å². The highest BCUT2D eigenvalue weighted by molar-refractivity contribution is 9.10. The van der Waals surface area contributed by atoms with Crippen molar-refractivity contribution in [3.63, 3.8) is 0 Å². The quantitative estimate of drug-likeness (QED) is 0.237. The van der Waals surface area contributed by atoms with Crippen molar-refractivity contribution < 1.29 is 4.42 Å². The molecule has 0 atom stereocenters. The van der Waals surface area contributed by atoms with Crippen molar-refractivity contribution >= 4 is 59.7 Å². The van der Waals surface area contributed by atoms with Gasteiger partial charge in [-0.3, -0.25) is 0 Å². The summed E-state index contributed by atoms with van der Waals surface area (Å²) in [7, 11) is 0. The van der Waals surface area contributed by atoms with Crippen molar-refractivity contribution in [1.82, 2.24) is 4.57 Å². The van der Waals surface area contributed by atoms with Crippen LogP contribution in [0, 0.1) is 0 Å². The van der Waals surface area contributed by atoms with Gasteiger partial charge in [0, 0.05) is 37.3 Å². The zero-order valence-electron chi connectivity index (χ0n) is 17.6. The molecule has 0 fully saturated rings. The number of halogens is 1. The van der Waals surface area contributed by atoms with Crippen LogP contribution >= 0.6 is 15.9 Å². The van der Waals surface area contributed by atoms with Crippen molar-refractivity contribution in [3.8, 4) is 16.8 Å². The third-order valence-electron chi connectivity index (χ3n) is 6.45. The summed E-state index contributed by atoms with van der Waals surface area (Å²) in [6.07, 6.45) is 0. The van der Waals surface area contributed by atoms with Crippen LogP contribution in [0.25, 0.3) is 60.6 Å². The SMILES string of the molecule is Brc1cc(-c2cccc3c2c2ccccc2n3-c2ccccc2)c2oc3ccccc3c2c1. The molecule has 5 aromatic carbocycles. The van der Waals surface area contributed by atoms with Gasteiger partial charge in [-0.2, -0.15) is 0 Å². The summed E-state index contributed by atoms with van der Waals surface area (Å²) in [6.45, 7) is 0. The number of hydrogen-bond donors (Lipinski definition) is 0. The lowest BCUT2D eigenvalue weighted by molar-refractivity contribution is 0.670. The summed E-state index contributed by atoms with van der Waals surface area (Å²) >= 11 is 3.76. The Morgan fingerprint density at radius 1 is 0.576 bits per heavy atom. The van der Waals surface area contributed by atoms with E-state index in [1.54, 1.807) is 0 Å². The fourth-order valence-corrected chi connectivity index (χ4v) is 5.55. The predicted octanol–water partition coefficient (Wildman–Crippen LogP) is 9.11. The molecule has 2 nitrogen and oxygen atoms in total. The maximum atomic E-state index is 6.42. The molecule has 156 valence electrons. The molecule has 0 aliphatic heterocycles. The predicted molar refractivity (Wildman–Crippen MR) is 141 cm³/mol. The van der Waals surface area contributed by atoms with E-state index in [0.29, 0.717) is 0 Å². The van der Waals surface area contributed by atoms with E-state index in [1.165, 1.54) is 27.4 Å². The zero-order chi connectivity index (χ0) is 21.9. The summed E-state index contributed by atoms with van der Waals surface area (Å²) in [6, 6.07) is 38.3. The van der Waals surface area contributed by atoms with Gasteiger partial charge in [0.2, 0.25) is 0 Å². The van der Waals surface area contributed by atoms with E-state index in [9.17, 15) is 0 Å². The fraction of sp³-hybridized carbons (Fsp3) is 0. The number of fused-ring (bicyclic) bond motifs is 6. The first-order valence-electron chi connectivity index (χ1n) is 11.0. The fourth-order valence-electron chi connectivity index (χ4n) is 5.09. The minimum absolute atomic E-state index is 0.908. The average molecular weight is 488 g/mol. The highest BCUT2D eigenvalue weighted by Crippen LogP contribution is 2.43. The van der Waals surface area contributed by atoms with Crippen LogP contribution in [0.5, 0.6) is 0 Å². The Labute approximate surface area is 198 Å². The monoisotopic (exact) mass is 487 g/mol. The Morgan fingerprint density at radius 2 is 1.30 bits per heavy atom. The van der Waals surface area contributed by atoms with E-state index in [4.69, 9.17) is 4.42 Å². The van der Waals surface area contributed by atoms with E-state index in [1.807, 2.05) is 12.1 Å². The molecule has 0 radical (unpaired) electrons. The second kappa shape index (κ2) is 7.09. The molecule has 0 unspecified atom stereocenters. The van der Waals surface area contributed by atoms with Gasteiger partial charge in [-0.15, -0.1) is 0 Å². The van der Waals surface area contributed by atoms with Crippen molar-refractivity contribution in [3.05, 3.63) is 114 Å². The Hall–Kier alpha value is -3.82. The van der Waals surface area contributed by atoms with Crippen LogP contribution in [-0.4, -0.2) is 4.57 Å². The molecule has 3 heteroatoms. The average Bonchev–Trinajstić information content (AvgIpc) is 3.40. The molecule has 0 amide bonds. The van der Waals surface area contributed by atoms with Crippen LogP contribution in [0.3, 0.4) is 0 Å². The van der Waals surface area contributed by atoms with Crippen LogP contribution < -0.4 is 0 Å². The van der Waals surface area contributed by atoms with Crippen LogP contribution in [0.1, 0.15) is 0 Å². The van der Waals surface area contributed by atoms with Crippen LogP contribution in [0.15, 0.2) is 118 Å². The Balaban J connectivity index is 1.65. The maximum Gasteiger partial charge on any atom is 0.143 e. The van der Waals surface area contributed by atoms with Crippen molar-refractivity contribution in [2.45, 2.75) is 0 Å². The second-order valence-corrected chi connectivity index (χ2v) is 9.23. The number of hydrogen-bond acceptors (Lipinski definition) is 1. The summed E-state index contributed by atoms with van der Waals surface area (Å²) in [5.74, 6) is 0. The van der Waals surface area contributed by atoms with E-state index in [0.717, 1.165) is 37.7 Å². The van der Waals surface area contributed by atoms with Gasteiger partial charge < -0.3 is 8.98 Å². The Bertz CT molecular complexity index is 1830. The number of furan rings is 1. The third-order valence-corrected chi connectivity index (χ3v) is 6.90. The summed E-state index contributed by atoms with van der Waals surface area (Å²) in [5.41, 5.74) is 7.63. The molecule has 0 saturated heterocycles. The highest BCUT2D eigenvalue weighted by Gasteiger charge is 2.19. The van der Waals surface area contributed by atoms with Gasteiger partial charge >= 0.3 is 0 Å². The largest absolute Gasteiger partial charge is 0.455 e. The number of rotatable bonds is 2.